The predicted molar refractivity (Wildman–Crippen MR) is 63.9 cm³/mol. The second-order valence-electron chi connectivity index (χ2n) is 3.34. The van der Waals surface area contributed by atoms with E-state index in [1.807, 2.05) is 13.8 Å². The number of rotatable bonds is 6. The largest absolute Gasteiger partial charge is 0.393 e. The number of hydrogen-bond acceptors (Lipinski definition) is 2. The zero-order chi connectivity index (χ0) is 11.1. The third-order valence-corrected chi connectivity index (χ3v) is 4.10. The molecule has 1 aromatic carbocycles. The van der Waals surface area contributed by atoms with Gasteiger partial charge in [-0.05, 0) is 31.9 Å². The van der Waals surface area contributed by atoms with E-state index < -0.39 is 9.28 Å². The average Bonchev–Trinajstić information content (AvgIpc) is 2.22. The van der Waals surface area contributed by atoms with E-state index >= 15 is 0 Å². The number of benzene rings is 1. The molecule has 0 heterocycles. The van der Waals surface area contributed by atoms with Crippen LogP contribution in [0.25, 0.3) is 0 Å². The van der Waals surface area contributed by atoms with E-state index in [9.17, 15) is 0 Å². The molecule has 83 valence electrons. The van der Waals surface area contributed by atoms with E-state index in [2.05, 4.69) is 31.2 Å². The molecule has 0 aliphatic rings. The monoisotopic (exact) mass is 223 g/mol. The number of hydrogen-bond donors (Lipinski definition) is 0. The number of aryl methyl sites for hydroxylation is 1. The summed E-state index contributed by atoms with van der Waals surface area (Å²) >= 11 is 0. The van der Waals surface area contributed by atoms with Crippen LogP contribution in [-0.4, -0.2) is 22.5 Å². The van der Waals surface area contributed by atoms with Crippen molar-refractivity contribution in [3.05, 3.63) is 35.4 Å². The second kappa shape index (κ2) is 6.77. The van der Waals surface area contributed by atoms with E-state index in [4.69, 9.17) is 8.85 Å². The molecule has 0 unspecified atom stereocenters. The highest BCUT2D eigenvalue weighted by molar-refractivity contribution is 6.43. The van der Waals surface area contributed by atoms with Gasteiger partial charge in [-0.2, -0.15) is 0 Å². The van der Waals surface area contributed by atoms with Crippen LogP contribution < -0.4 is 0 Å². The van der Waals surface area contributed by atoms with Crippen molar-refractivity contribution in [1.29, 1.82) is 0 Å². The maximum atomic E-state index is 5.62. The van der Waals surface area contributed by atoms with Gasteiger partial charge in [-0.25, -0.2) is 0 Å². The van der Waals surface area contributed by atoms with Crippen LogP contribution in [0.5, 0.6) is 0 Å². The van der Waals surface area contributed by atoms with Crippen LogP contribution in [0.3, 0.4) is 0 Å². The molecule has 0 aliphatic heterocycles. The molecule has 0 aliphatic carbocycles. The summed E-state index contributed by atoms with van der Waals surface area (Å²) in [7, 11) is -1.12. The zero-order valence-corrected chi connectivity index (χ0v) is 10.7. The molecule has 0 spiro atoms. The fraction of sp³-hybridized carbons (Fsp3) is 0.500. The van der Waals surface area contributed by atoms with Gasteiger partial charge in [0, 0.05) is 19.3 Å². The molecule has 3 heteroatoms. The summed E-state index contributed by atoms with van der Waals surface area (Å²) in [6, 6.07) is 9.34. The Morgan fingerprint density at radius 2 is 1.67 bits per heavy atom. The molecule has 0 aromatic heterocycles. The minimum atomic E-state index is -1.12. The highest BCUT2D eigenvalue weighted by atomic mass is 28.3. The van der Waals surface area contributed by atoms with Gasteiger partial charge in [-0.1, -0.05) is 24.3 Å². The normalized spacial score (nSPS) is 10.9. The minimum Gasteiger partial charge on any atom is -0.393 e. The van der Waals surface area contributed by atoms with Gasteiger partial charge in [0.25, 0.3) is 0 Å². The first-order valence-corrected chi connectivity index (χ1v) is 6.96. The molecular formula is C12H19O2Si. The van der Waals surface area contributed by atoms with Gasteiger partial charge in [0.05, 0.1) is 0 Å². The molecule has 1 rings (SSSR count). The third kappa shape index (κ3) is 4.16. The van der Waals surface area contributed by atoms with Crippen LogP contribution in [-0.2, 0) is 14.9 Å². The van der Waals surface area contributed by atoms with Crippen molar-refractivity contribution in [1.82, 2.24) is 0 Å². The van der Waals surface area contributed by atoms with Crippen LogP contribution >= 0.6 is 0 Å². The van der Waals surface area contributed by atoms with E-state index in [-0.39, 0.29) is 0 Å². The lowest BCUT2D eigenvalue weighted by atomic mass is 10.1. The van der Waals surface area contributed by atoms with Crippen molar-refractivity contribution in [3.63, 3.8) is 0 Å². The van der Waals surface area contributed by atoms with E-state index in [1.54, 1.807) is 0 Å². The fourth-order valence-electron chi connectivity index (χ4n) is 1.43. The van der Waals surface area contributed by atoms with Crippen molar-refractivity contribution in [2.75, 3.05) is 13.2 Å². The Bertz CT molecular complexity index is 283. The summed E-state index contributed by atoms with van der Waals surface area (Å²) in [6.07, 6.45) is 0. The first-order valence-electron chi connectivity index (χ1n) is 5.43. The minimum absolute atomic E-state index is 0.736. The Labute approximate surface area is 94.1 Å². The Balaban J connectivity index is 2.60. The molecule has 15 heavy (non-hydrogen) atoms. The fourth-order valence-corrected chi connectivity index (χ4v) is 3.07. The van der Waals surface area contributed by atoms with Gasteiger partial charge >= 0.3 is 9.28 Å². The van der Waals surface area contributed by atoms with Gasteiger partial charge in [-0.3, -0.25) is 0 Å². The van der Waals surface area contributed by atoms with Crippen LogP contribution in [0.15, 0.2) is 24.3 Å². The topological polar surface area (TPSA) is 18.5 Å². The first kappa shape index (κ1) is 12.4. The quantitative estimate of drug-likeness (QED) is 0.690. The molecule has 0 saturated heterocycles. The van der Waals surface area contributed by atoms with Crippen molar-refractivity contribution in [3.8, 4) is 0 Å². The Kier molecular flexibility index (Phi) is 5.61. The van der Waals surface area contributed by atoms with Gasteiger partial charge in [0.2, 0.25) is 0 Å². The zero-order valence-electron chi connectivity index (χ0n) is 9.75. The van der Waals surface area contributed by atoms with Gasteiger partial charge in [0.15, 0.2) is 0 Å². The maximum Gasteiger partial charge on any atom is 0.389 e. The summed E-state index contributed by atoms with van der Waals surface area (Å²) in [5.74, 6) is 0. The van der Waals surface area contributed by atoms with Crippen molar-refractivity contribution in [2.45, 2.75) is 26.8 Å². The molecular weight excluding hydrogens is 204 g/mol. The SMILES string of the molecule is CCO[Si](Cc1ccccc1C)OCC. The Hall–Kier alpha value is -0.643. The molecule has 0 fully saturated rings. The van der Waals surface area contributed by atoms with Crippen LogP contribution in [0.2, 0.25) is 0 Å². The molecule has 0 amide bonds. The lowest BCUT2D eigenvalue weighted by Gasteiger charge is -2.14. The maximum absolute atomic E-state index is 5.62. The van der Waals surface area contributed by atoms with Crippen LogP contribution in [0, 0.1) is 6.92 Å². The highest BCUT2D eigenvalue weighted by Crippen LogP contribution is 2.10. The Morgan fingerprint density at radius 3 is 2.20 bits per heavy atom. The average molecular weight is 223 g/mol. The van der Waals surface area contributed by atoms with Crippen molar-refractivity contribution in [2.24, 2.45) is 0 Å². The third-order valence-electron chi connectivity index (χ3n) is 2.21. The van der Waals surface area contributed by atoms with Crippen LogP contribution in [0.1, 0.15) is 25.0 Å². The van der Waals surface area contributed by atoms with Crippen molar-refractivity contribution < 1.29 is 8.85 Å². The van der Waals surface area contributed by atoms with Gasteiger partial charge < -0.3 is 8.85 Å². The standard InChI is InChI=1S/C12H19O2Si/c1-4-13-15(14-5-2)10-12-9-7-6-8-11(12)3/h6-9H,4-5,10H2,1-3H3. The molecule has 1 radical (unpaired) electrons. The van der Waals surface area contributed by atoms with Crippen LogP contribution in [0.4, 0.5) is 0 Å². The molecule has 0 bridgehead atoms. The van der Waals surface area contributed by atoms with E-state index in [0.717, 1.165) is 19.3 Å². The van der Waals surface area contributed by atoms with E-state index in [0.29, 0.717) is 0 Å². The van der Waals surface area contributed by atoms with Crippen molar-refractivity contribution >= 4 is 9.28 Å². The molecule has 0 atom stereocenters. The first-order chi connectivity index (χ1) is 7.27. The second-order valence-corrected chi connectivity index (χ2v) is 5.02. The molecule has 0 saturated carbocycles. The highest BCUT2D eigenvalue weighted by Gasteiger charge is 2.16. The lowest BCUT2D eigenvalue weighted by molar-refractivity contribution is 0.213. The Morgan fingerprint density at radius 1 is 1.07 bits per heavy atom. The molecule has 2 nitrogen and oxygen atoms in total. The molecule has 0 N–H and O–H groups in total. The summed E-state index contributed by atoms with van der Waals surface area (Å²) < 4.78 is 11.2. The summed E-state index contributed by atoms with van der Waals surface area (Å²) in [5, 5.41) is 0. The smallest absolute Gasteiger partial charge is 0.389 e. The van der Waals surface area contributed by atoms with Gasteiger partial charge in [0.1, 0.15) is 0 Å². The summed E-state index contributed by atoms with van der Waals surface area (Å²) in [5.41, 5.74) is 2.66. The van der Waals surface area contributed by atoms with Gasteiger partial charge in [-0.15, -0.1) is 0 Å². The van der Waals surface area contributed by atoms with E-state index in [1.165, 1.54) is 11.1 Å². The summed E-state index contributed by atoms with van der Waals surface area (Å²) in [6.45, 7) is 7.64. The molecule has 1 aromatic rings. The lowest BCUT2D eigenvalue weighted by Crippen LogP contribution is -2.26. The summed E-state index contributed by atoms with van der Waals surface area (Å²) in [4.78, 5) is 0. The predicted octanol–water partition coefficient (Wildman–Crippen LogP) is 2.64.